The molecule has 1 aromatic heterocycles. The van der Waals surface area contributed by atoms with Gasteiger partial charge in [-0.3, -0.25) is 0 Å². The molecule has 0 amide bonds. The average molecular weight is 241 g/mol. The second kappa shape index (κ2) is 6.24. The van der Waals surface area contributed by atoms with Crippen LogP contribution in [0.2, 0.25) is 0 Å². The third kappa shape index (κ3) is 3.74. The summed E-state index contributed by atoms with van der Waals surface area (Å²) in [4.78, 5) is 15.4. The molecule has 0 aromatic carbocycles. The number of rotatable bonds is 6. The predicted molar refractivity (Wildman–Crippen MR) is 63.7 cm³/mol. The van der Waals surface area contributed by atoms with Crippen LogP contribution in [0.3, 0.4) is 0 Å². The molecule has 0 unspecified atom stereocenters. The van der Waals surface area contributed by atoms with Gasteiger partial charge < -0.3 is 19.8 Å². The van der Waals surface area contributed by atoms with Crippen molar-refractivity contribution >= 4 is 11.8 Å². The minimum atomic E-state index is -0.492. The van der Waals surface area contributed by atoms with Crippen LogP contribution in [0.4, 0.5) is 5.82 Å². The van der Waals surface area contributed by atoms with E-state index in [-0.39, 0.29) is 11.8 Å². The van der Waals surface area contributed by atoms with Crippen LogP contribution in [0.15, 0.2) is 6.33 Å². The van der Waals surface area contributed by atoms with Gasteiger partial charge in [0.25, 0.3) is 0 Å². The zero-order chi connectivity index (χ0) is 12.8. The maximum Gasteiger partial charge on any atom is 0.360 e. The highest BCUT2D eigenvalue weighted by molar-refractivity contribution is 5.92. The first-order valence-corrected chi connectivity index (χ1v) is 5.65. The fourth-order valence-corrected chi connectivity index (χ4v) is 1.31. The second-order valence-corrected chi connectivity index (χ2v) is 3.81. The number of hydrogen-bond acceptors (Lipinski definition) is 5. The highest BCUT2D eigenvalue weighted by Crippen LogP contribution is 2.11. The molecule has 6 nitrogen and oxygen atoms in total. The minimum Gasteiger partial charge on any atom is -0.461 e. The van der Waals surface area contributed by atoms with E-state index in [2.05, 4.69) is 4.98 Å². The second-order valence-electron chi connectivity index (χ2n) is 3.81. The van der Waals surface area contributed by atoms with Gasteiger partial charge in [0.15, 0.2) is 5.69 Å². The van der Waals surface area contributed by atoms with Crippen molar-refractivity contribution in [3.05, 3.63) is 12.0 Å². The molecule has 0 aliphatic carbocycles. The summed E-state index contributed by atoms with van der Waals surface area (Å²) in [5, 5.41) is 0. The molecule has 0 atom stereocenters. The first-order chi connectivity index (χ1) is 8.06. The Hall–Kier alpha value is -1.56. The average Bonchev–Trinajstić information content (AvgIpc) is 2.60. The third-order valence-corrected chi connectivity index (χ3v) is 2.13. The van der Waals surface area contributed by atoms with Crippen molar-refractivity contribution in [2.45, 2.75) is 33.4 Å². The van der Waals surface area contributed by atoms with Crippen LogP contribution in [-0.4, -0.2) is 34.8 Å². The lowest BCUT2D eigenvalue weighted by molar-refractivity contribution is 0.0520. The summed E-state index contributed by atoms with van der Waals surface area (Å²) in [7, 11) is 0. The molecule has 6 heteroatoms. The summed E-state index contributed by atoms with van der Waals surface area (Å²) >= 11 is 0. The summed E-state index contributed by atoms with van der Waals surface area (Å²) in [6.45, 7) is 7.06. The first-order valence-electron chi connectivity index (χ1n) is 5.65. The first kappa shape index (κ1) is 13.5. The van der Waals surface area contributed by atoms with Crippen LogP contribution < -0.4 is 5.73 Å². The Labute approximate surface area is 101 Å². The SMILES string of the molecule is CCOC(=O)c1ncn(CCOC(C)C)c1N. The van der Waals surface area contributed by atoms with Crippen LogP contribution >= 0.6 is 0 Å². The maximum atomic E-state index is 11.5. The number of hydrogen-bond donors (Lipinski definition) is 1. The highest BCUT2D eigenvalue weighted by atomic mass is 16.5. The number of carbonyl (C=O) groups excluding carboxylic acids is 1. The Bertz CT molecular complexity index is 374. The van der Waals surface area contributed by atoms with E-state index < -0.39 is 5.97 Å². The van der Waals surface area contributed by atoms with Crippen molar-refractivity contribution in [1.82, 2.24) is 9.55 Å². The number of esters is 1. The van der Waals surface area contributed by atoms with Gasteiger partial charge in [0.1, 0.15) is 5.82 Å². The number of ether oxygens (including phenoxy) is 2. The van der Waals surface area contributed by atoms with Gasteiger partial charge in [-0.05, 0) is 20.8 Å². The fraction of sp³-hybridized carbons (Fsp3) is 0.636. The number of aromatic nitrogens is 2. The molecule has 1 heterocycles. The summed E-state index contributed by atoms with van der Waals surface area (Å²) in [5.74, 6) is -0.177. The van der Waals surface area contributed by atoms with Crippen LogP contribution in [0.25, 0.3) is 0 Å². The Morgan fingerprint density at radius 3 is 2.88 bits per heavy atom. The molecular weight excluding hydrogens is 222 g/mol. The van der Waals surface area contributed by atoms with E-state index in [0.29, 0.717) is 25.6 Å². The number of carbonyl (C=O) groups is 1. The lowest BCUT2D eigenvalue weighted by Gasteiger charge is -2.09. The van der Waals surface area contributed by atoms with Gasteiger partial charge in [-0.25, -0.2) is 9.78 Å². The monoisotopic (exact) mass is 241 g/mol. The van der Waals surface area contributed by atoms with E-state index in [4.69, 9.17) is 15.2 Å². The molecule has 1 aromatic rings. The number of anilines is 1. The van der Waals surface area contributed by atoms with E-state index in [9.17, 15) is 4.79 Å². The molecule has 0 spiro atoms. The Morgan fingerprint density at radius 2 is 2.29 bits per heavy atom. The van der Waals surface area contributed by atoms with Gasteiger partial charge in [-0.2, -0.15) is 0 Å². The molecule has 0 aliphatic heterocycles. The third-order valence-electron chi connectivity index (χ3n) is 2.13. The Balaban J connectivity index is 2.61. The van der Waals surface area contributed by atoms with Crippen molar-refractivity contribution in [3.63, 3.8) is 0 Å². The molecule has 0 bridgehead atoms. The molecule has 0 aliphatic rings. The van der Waals surface area contributed by atoms with Crippen LogP contribution in [0.1, 0.15) is 31.3 Å². The zero-order valence-corrected chi connectivity index (χ0v) is 10.5. The van der Waals surface area contributed by atoms with Crippen LogP contribution in [0, 0.1) is 0 Å². The maximum absolute atomic E-state index is 11.5. The summed E-state index contributed by atoms with van der Waals surface area (Å²) in [6.07, 6.45) is 1.69. The van der Waals surface area contributed by atoms with Crippen molar-refractivity contribution < 1.29 is 14.3 Å². The Kier molecular flexibility index (Phi) is 4.96. The lowest BCUT2D eigenvalue weighted by atomic mass is 10.4. The Morgan fingerprint density at radius 1 is 1.59 bits per heavy atom. The quantitative estimate of drug-likeness (QED) is 0.753. The van der Waals surface area contributed by atoms with Crippen molar-refractivity contribution in [2.24, 2.45) is 0 Å². The zero-order valence-electron chi connectivity index (χ0n) is 10.5. The molecule has 0 saturated carbocycles. The lowest BCUT2D eigenvalue weighted by Crippen LogP contribution is -2.13. The van der Waals surface area contributed by atoms with Crippen molar-refractivity contribution in [2.75, 3.05) is 18.9 Å². The van der Waals surface area contributed by atoms with E-state index in [1.54, 1.807) is 11.5 Å². The van der Waals surface area contributed by atoms with Crippen LogP contribution in [0.5, 0.6) is 0 Å². The van der Waals surface area contributed by atoms with Gasteiger partial charge in [-0.1, -0.05) is 0 Å². The number of nitrogen functional groups attached to an aromatic ring is 1. The van der Waals surface area contributed by atoms with E-state index in [0.717, 1.165) is 0 Å². The molecule has 1 rings (SSSR count). The molecular formula is C11H19N3O3. The summed E-state index contributed by atoms with van der Waals surface area (Å²) in [6, 6.07) is 0. The van der Waals surface area contributed by atoms with Gasteiger partial charge >= 0.3 is 5.97 Å². The van der Waals surface area contributed by atoms with Crippen molar-refractivity contribution in [1.29, 1.82) is 0 Å². The molecule has 0 radical (unpaired) electrons. The number of imidazole rings is 1. The van der Waals surface area contributed by atoms with E-state index in [1.165, 1.54) is 6.33 Å². The predicted octanol–water partition coefficient (Wildman–Crippen LogP) is 1.07. The topological polar surface area (TPSA) is 79.4 Å². The van der Waals surface area contributed by atoms with Gasteiger partial charge in [0, 0.05) is 6.54 Å². The van der Waals surface area contributed by atoms with E-state index >= 15 is 0 Å². The molecule has 0 fully saturated rings. The smallest absolute Gasteiger partial charge is 0.360 e. The van der Waals surface area contributed by atoms with Crippen molar-refractivity contribution in [3.8, 4) is 0 Å². The minimum absolute atomic E-state index is 0.163. The summed E-state index contributed by atoms with van der Waals surface area (Å²) < 4.78 is 11.9. The highest BCUT2D eigenvalue weighted by Gasteiger charge is 2.16. The molecule has 17 heavy (non-hydrogen) atoms. The number of nitrogens with zero attached hydrogens (tertiary/aromatic N) is 2. The molecule has 0 saturated heterocycles. The largest absolute Gasteiger partial charge is 0.461 e. The fourth-order valence-electron chi connectivity index (χ4n) is 1.31. The number of nitrogens with two attached hydrogens (primary N) is 1. The van der Waals surface area contributed by atoms with Crippen LogP contribution in [-0.2, 0) is 16.0 Å². The van der Waals surface area contributed by atoms with E-state index in [1.807, 2.05) is 13.8 Å². The normalized spacial score (nSPS) is 10.8. The molecule has 96 valence electrons. The van der Waals surface area contributed by atoms with Gasteiger partial charge in [0.05, 0.1) is 25.6 Å². The van der Waals surface area contributed by atoms with Gasteiger partial charge in [0.2, 0.25) is 0 Å². The molecule has 2 N–H and O–H groups in total. The standard InChI is InChI=1S/C11H19N3O3/c1-4-16-11(15)9-10(12)14(7-13-9)5-6-17-8(2)3/h7-8H,4-6,12H2,1-3H3. The summed E-state index contributed by atoms with van der Waals surface area (Å²) in [5.41, 5.74) is 5.96. The van der Waals surface area contributed by atoms with Gasteiger partial charge in [-0.15, -0.1) is 0 Å².